The summed E-state index contributed by atoms with van der Waals surface area (Å²) in [4.78, 5) is 28.0. The number of hydrogen-bond acceptors (Lipinski definition) is 4. The lowest BCUT2D eigenvalue weighted by Gasteiger charge is -2.16. The van der Waals surface area contributed by atoms with Crippen molar-refractivity contribution in [2.45, 2.75) is 39.4 Å². The second-order valence-electron chi connectivity index (χ2n) is 6.54. The fraction of sp³-hybridized carbons (Fsp3) is 0.350. The summed E-state index contributed by atoms with van der Waals surface area (Å²) in [6.45, 7) is 3.70. The molecule has 1 heterocycles. The van der Waals surface area contributed by atoms with E-state index >= 15 is 0 Å². The van der Waals surface area contributed by atoms with Gasteiger partial charge in [-0.05, 0) is 62.7 Å². The third-order valence-electron chi connectivity index (χ3n) is 3.83. The minimum absolute atomic E-state index is 0.00595. The smallest absolute Gasteiger partial charge is 0.422 e. The number of aromatic nitrogens is 1. The molecule has 1 N–H and O–H groups in total. The van der Waals surface area contributed by atoms with Crippen molar-refractivity contribution in [3.63, 3.8) is 0 Å². The van der Waals surface area contributed by atoms with Gasteiger partial charge >= 0.3 is 6.18 Å². The summed E-state index contributed by atoms with van der Waals surface area (Å²) in [6.07, 6.45) is -4.20. The van der Waals surface area contributed by atoms with Crippen LogP contribution < -0.4 is 10.1 Å². The Hall–Kier alpha value is -2.90. The molecular weight excluding hydrogens is 373 g/mol. The van der Waals surface area contributed by atoms with E-state index in [-0.39, 0.29) is 29.9 Å². The van der Waals surface area contributed by atoms with E-state index in [4.69, 9.17) is 0 Å². The zero-order chi connectivity index (χ0) is 20.9. The Balaban J connectivity index is 2.04. The lowest BCUT2D eigenvalue weighted by molar-refractivity contribution is -0.153. The molecule has 1 aromatic heterocycles. The summed E-state index contributed by atoms with van der Waals surface area (Å²) in [5.74, 6) is -0.355. The molecule has 2 rings (SSSR count). The lowest BCUT2D eigenvalue weighted by atomic mass is 10.0. The number of hydrogen-bond donors (Lipinski definition) is 1. The first-order valence-electron chi connectivity index (χ1n) is 8.61. The summed E-state index contributed by atoms with van der Waals surface area (Å²) in [5, 5.41) is 2.82. The van der Waals surface area contributed by atoms with Gasteiger partial charge in [-0.3, -0.25) is 14.6 Å². The number of carbonyl (C=O) groups is 2. The maximum absolute atomic E-state index is 12.4. The number of alkyl halides is 3. The van der Waals surface area contributed by atoms with Gasteiger partial charge in [0.25, 0.3) is 5.91 Å². The molecule has 1 unspecified atom stereocenters. The number of nitrogens with zero attached hydrogens (tertiary/aromatic N) is 1. The van der Waals surface area contributed by atoms with Crippen molar-refractivity contribution >= 4 is 11.7 Å². The summed E-state index contributed by atoms with van der Waals surface area (Å²) in [5.41, 5.74) is 2.47. The zero-order valence-electron chi connectivity index (χ0n) is 15.8. The van der Waals surface area contributed by atoms with Gasteiger partial charge in [-0.1, -0.05) is 0 Å². The van der Waals surface area contributed by atoms with Gasteiger partial charge in [0.15, 0.2) is 6.61 Å². The van der Waals surface area contributed by atoms with Crippen LogP contribution >= 0.6 is 0 Å². The normalized spacial score (nSPS) is 12.4. The number of Topliss-reactive ketones (excluding diaryl/α,β-unsaturated/α-hetero) is 1. The second kappa shape index (κ2) is 8.86. The van der Waals surface area contributed by atoms with E-state index in [2.05, 4.69) is 15.0 Å². The molecule has 1 amide bonds. The predicted molar refractivity (Wildman–Crippen MR) is 97.2 cm³/mol. The SMILES string of the molecule is CC(=O)Cc1cc(C(C)NC(=O)c2ccc(OCC(F)(F)F)cc2)cc(C)n1. The van der Waals surface area contributed by atoms with Crippen LogP contribution in [0.3, 0.4) is 0 Å². The molecule has 5 nitrogen and oxygen atoms in total. The van der Waals surface area contributed by atoms with E-state index in [9.17, 15) is 22.8 Å². The van der Waals surface area contributed by atoms with E-state index in [1.54, 1.807) is 19.9 Å². The van der Waals surface area contributed by atoms with E-state index in [1.165, 1.54) is 31.2 Å². The summed E-state index contributed by atoms with van der Waals surface area (Å²) >= 11 is 0. The minimum Gasteiger partial charge on any atom is -0.484 e. The Kier molecular flexibility index (Phi) is 6.77. The highest BCUT2D eigenvalue weighted by Gasteiger charge is 2.28. The number of rotatable bonds is 7. The fourth-order valence-corrected chi connectivity index (χ4v) is 2.59. The van der Waals surface area contributed by atoms with Crippen molar-refractivity contribution < 1.29 is 27.5 Å². The molecule has 0 bridgehead atoms. The van der Waals surface area contributed by atoms with Crippen LogP contribution in [0.2, 0.25) is 0 Å². The topological polar surface area (TPSA) is 68.3 Å². The third kappa shape index (κ3) is 6.68. The van der Waals surface area contributed by atoms with Crippen molar-refractivity contribution in [1.29, 1.82) is 0 Å². The van der Waals surface area contributed by atoms with Crippen molar-refractivity contribution in [2.75, 3.05) is 6.61 Å². The number of carbonyl (C=O) groups excluding carboxylic acids is 2. The van der Waals surface area contributed by atoms with Crippen LogP contribution in [-0.2, 0) is 11.2 Å². The molecule has 0 radical (unpaired) electrons. The van der Waals surface area contributed by atoms with E-state index in [0.717, 1.165) is 11.3 Å². The van der Waals surface area contributed by atoms with Gasteiger partial charge in [-0.15, -0.1) is 0 Å². The average molecular weight is 394 g/mol. The van der Waals surface area contributed by atoms with Gasteiger partial charge in [0.05, 0.1) is 6.04 Å². The molecule has 0 aliphatic rings. The maximum atomic E-state index is 12.4. The third-order valence-corrected chi connectivity index (χ3v) is 3.83. The number of ether oxygens (including phenoxy) is 1. The number of nitrogens with one attached hydrogen (secondary N) is 1. The van der Waals surface area contributed by atoms with E-state index < -0.39 is 12.8 Å². The predicted octanol–water partition coefficient (Wildman–Crippen LogP) is 3.95. The number of ketones is 1. The van der Waals surface area contributed by atoms with E-state index in [0.29, 0.717) is 11.3 Å². The van der Waals surface area contributed by atoms with Crippen molar-refractivity contribution in [3.05, 3.63) is 58.9 Å². The summed E-state index contributed by atoms with van der Waals surface area (Å²) in [7, 11) is 0. The van der Waals surface area contributed by atoms with Crippen LogP contribution in [0.4, 0.5) is 13.2 Å². The number of benzene rings is 1. The van der Waals surface area contributed by atoms with Crippen LogP contribution in [0, 0.1) is 6.92 Å². The standard InChI is InChI=1S/C20H21F3N2O3/c1-12-8-16(10-17(24-12)9-13(2)26)14(3)25-19(27)15-4-6-18(7-5-15)28-11-20(21,22)23/h4-8,10,14H,9,11H2,1-3H3,(H,25,27). The van der Waals surface area contributed by atoms with Gasteiger partial charge < -0.3 is 10.1 Å². The largest absolute Gasteiger partial charge is 0.484 e. The average Bonchev–Trinajstić information content (AvgIpc) is 2.58. The van der Waals surface area contributed by atoms with Gasteiger partial charge in [0.1, 0.15) is 11.5 Å². The highest BCUT2D eigenvalue weighted by Crippen LogP contribution is 2.20. The molecular formula is C20H21F3N2O3. The highest BCUT2D eigenvalue weighted by atomic mass is 19.4. The molecule has 2 aromatic rings. The van der Waals surface area contributed by atoms with Gasteiger partial charge in [0.2, 0.25) is 0 Å². The van der Waals surface area contributed by atoms with Gasteiger partial charge in [-0.25, -0.2) is 0 Å². The van der Waals surface area contributed by atoms with Crippen LogP contribution in [0.15, 0.2) is 36.4 Å². The Bertz CT molecular complexity index is 849. The molecule has 0 saturated heterocycles. The highest BCUT2D eigenvalue weighted by molar-refractivity contribution is 5.94. The quantitative estimate of drug-likeness (QED) is 0.772. The molecule has 0 fully saturated rings. The Morgan fingerprint density at radius 3 is 2.39 bits per heavy atom. The molecule has 0 saturated carbocycles. The van der Waals surface area contributed by atoms with Crippen LogP contribution in [0.1, 0.15) is 47.2 Å². The molecule has 0 aliphatic heterocycles. The van der Waals surface area contributed by atoms with Crippen molar-refractivity contribution in [3.8, 4) is 5.75 Å². The summed E-state index contributed by atoms with van der Waals surface area (Å²) < 4.78 is 41.1. The molecule has 150 valence electrons. The molecule has 0 aliphatic carbocycles. The number of halogens is 3. The monoisotopic (exact) mass is 394 g/mol. The maximum Gasteiger partial charge on any atom is 0.422 e. The van der Waals surface area contributed by atoms with Gasteiger partial charge in [0, 0.05) is 23.4 Å². The van der Waals surface area contributed by atoms with Crippen LogP contribution in [0.5, 0.6) is 5.75 Å². The molecule has 1 aromatic carbocycles. The summed E-state index contributed by atoms with van der Waals surface area (Å²) in [6, 6.07) is 8.66. The zero-order valence-corrected chi connectivity index (χ0v) is 15.8. The second-order valence-corrected chi connectivity index (χ2v) is 6.54. The van der Waals surface area contributed by atoms with Crippen LogP contribution in [0.25, 0.3) is 0 Å². The molecule has 0 spiro atoms. The van der Waals surface area contributed by atoms with Crippen molar-refractivity contribution in [2.24, 2.45) is 0 Å². The number of pyridine rings is 1. The first-order chi connectivity index (χ1) is 13.0. The minimum atomic E-state index is -4.42. The first kappa shape index (κ1) is 21.4. The van der Waals surface area contributed by atoms with Crippen molar-refractivity contribution in [1.82, 2.24) is 10.3 Å². The molecule has 8 heteroatoms. The molecule has 28 heavy (non-hydrogen) atoms. The Morgan fingerprint density at radius 1 is 1.18 bits per heavy atom. The lowest BCUT2D eigenvalue weighted by Crippen LogP contribution is -2.27. The number of aryl methyl sites for hydroxylation is 1. The fourth-order valence-electron chi connectivity index (χ4n) is 2.59. The Labute approximate surface area is 160 Å². The van der Waals surface area contributed by atoms with Gasteiger partial charge in [-0.2, -0.15) is 13.2 Å². The first-order valence-corrected chi connectivity index (χ1v) is 8.61. The Morgan fingerprint density at radius 2 is 1.82 bits per heavy atom. The van der Waals surface area contributed by atoms with Crippen LogP contribution in [-0.4, -0.2) is 29.5 Å². The molecule has 1 atom stereocenters. The number of amides is 1. The van der Waals surface area contributed by atoms with E-state index in [1.807, 2.05) is 6.07 Å².